The van der Waals surface area contributed by atoms with Crippen LogP contribution < -0.4 is 5.32 Å². The lowest BCUT2D eigenvalue weighted by molar-refractivity contribution is -0.121. The molecule has 1 saturated heterocycles. The second-order valence-corrected chi connectivity index (χ2v) is 6.74. The molecule has 0 bridgehead atoms. The van der Waals surface area contributed by atoms with Crippen molar-refractivity contribution < 1.29 is 9.90 Å². The Labute approximate surface area is 148 Å². The monoisotopic (exact) mass is 339 g/mol. The first kappa shape index (κ1) is 17.6. The van der Waals surface area contributed by atoms with Gasteiger partial charge in [0.15, 0.2) is 0 Å². The highest BCUT2D eigenvalue weighted by Crippen LogP contribution is 2.21. The summed E-state index contributed by atoms with van der Waals surface area (Å²) in [6, 6.07) is 13.4. The van der Waals surface area contributed by atoms with Crippen LogP contribution in [0.1, 0.15) is 30.1 Å². The van der Waals surface area contributed by atoms with Crippen LogP contribution >= 0.6 is 0 Å². The summed E-state index contributed by atoms with van der Waals surface area (Å²) in [6.45, 7) is 4.10. The zero-order valence-electron chi connectivity index (χ0n) is 14.6. The fraction of sp³-hybridized carbons (Fsp3) is 0.400. The van der Waals surface area contributed by atoms with E-state index in [-0.39, 0.29) is 11.8 Å². The van der Waals surface area contributed by atoms with Crippen LogP contribution in [0.15, 0.2) is 48.7 Å². The number of anilines is 1. The Kier molecular flexibility index (Phi) is 5.79. The molecule has 2 atom stereocenters. The molecule has 0 aliphatic carbocycles. The van der Waals surface area contributed by atoms with Crippen molar-refractivity contribution >= 4 is 11.7 Å². The quantitative estimate of drug-likeness (QED) is 0.879. The summed E-state index contributed by atoms with van der Waals surface area (Å²) in [5.74, 6) is 0.534. The molecule has 1 aromatic carbocycles. The number of pyridine rings is 1. The fourth-order valence-corrected chi connectivity index (χ4v) is 3.23. The van der Waals surface area contributed by atoms with Crippen LogP contribution in [0, 0.1) is 12.8 Å². The van der Waals surface area contributed by atoms with Gasteiger partial charge in [0.05, 0.1) is 12.0 Å². The van der Waals surface area contributed by atoms with Gasteiger partial charge in [-0.25, -0.2) is 4.98 Å². The van der Waals surface area contributed by atoms with Gasteiger partial charge in [0.2, 0.25) is 5.91 Å². The van der Waals surface area contributed by atoms with Gasteiger partial charge in [-0.3, -0.25) is 9.69 Å². The van der Waals surface area contributed by atoms with E-state index >= 15 is 0 Å². The normalized spacial score (nSPS) is 19.4. The van der Waals surface area contributed by atoms with Crippen LogP contribution in [0.25, 0.3) is 0 Å². The van der Waals surface area contributed by atoms with Crippen molar-refractivity contribution in [3.8, 4) is 0 Å². The molecule has 25 heavy (non-hydrogen) atoms. The number of nitrogens with zero attached hydrogens (tertiary/aromatic N) is 2. The Morgan fingerprint density at radius 1 is 1.32 bits per heavy atom. The topological polar surface area (TPSA) is 65.5 Å². The second-order valence-electron chi connectivity index (χ2n) is 6.74. The van der Waals surface area contributed by atoms with E-state index in [1.165, 1.54) is 0 Å². The van der Waals surface area contributed by atoms with Crippen LogP contribution in [-0.4, -0.2) is 40.5 Å². The summed E-state index contributed by atoms with van der Waals surface area (Å²) in [6.07, 6.45) is 3.05. The molecule has 2 aromatic rings. The predicted molar refractivity (Wildman–Crippen MR) is 98.2 cm³/mol. The molecule has 5 heteroatoms. The largest absolute Gasteiger partial charge is 0.387 e. The number of hydrogen-bond acceptors (Lipinski definition) is 4. The molecular weight excluding hydrogens is 314 g/mol. The maximum absolute atomic E-state index is 12.5. The Balaban J connectivity index is 1.55. The molecule has 0 radical (unpaired) electrons. The molecule has 1 amide bonds. The van der Waals surface area contributed by atoms with Crippen molar-refractivity contribution in [1.29, 1.82) is 0 Å². The molecule has 0 saturated carbocycles. The molecule has 1 aromatic heterocycles. The molecule has 5 nitrogen and oxygen atoms in total. The fourth-order valence-electron chi connectivity index (χ4n) is 3.23. The SMILES string of the molecule is Cc1ccc(NC(=O)C2CCCN(CC(O)c3ccccc3)C2)nc1. The summed E-state index contributed by atoms with van der Waals surface area (Å²) in [4.78, 5) is 18.9. The number of aromatic nitrogens is 1. The number of amides is 1. The van der Waals surface area contributed by atoms with Crippen molar-refractivity contribution in [3.05, 3.63) is 59.8 Å². The standard InChI is InChI=1S/C20H25N3O2/c1-15-9-10-19(21-12-15)22-20(25)17-8-5-11-23(13-17)14-18(24)16-6-3-2-4-7-16/h2-4,6-7,9-10,12,17-18,24H,5,8,11,13-14H2,1H3,(H,21,22,25). The Morgan fingerprint density at radius 3 is 2.84 bits per heavy atom. The molecule has 1 aliphatic heterocycles. The second kappa shape index (κ2) is 8.23. The van der Waals surface area contributed by atoms with Crippen LogP contribution in [-0.2, 0) is 4.79 Å². The molecular formula is C20H25N3O2. The highest BCUT2D eigenvalue weighted by molar-refractivity contribution is 5.91. The maximum atomic E-state index is 12.5. The number of aliphatic hydroxyl groups excluding tert-OH is 1. The number of β-amino-alcohol motifs (C(OH)–C–C–N with tert-alkyl or cyclic N) is 1. The minimum Gasteiger partial charge on any atom is -0.387 e. The lowest BCUT2D eigenvalue weighted by Gasteiger charge is -2.33. The third kappa shape index (κ3) is 4.87. The third-order valence-electron chi connectivity index (χ3n) is 4.65. The summed E-state index contributed by atoms with van der Waals surface area (Å²) in [5.41, 5.74) is 1.98. The van der Waals surface area contributed by atoms with Crippen LogP contribution in [0.5, 0.6) is 0 Å². The number of aliphatic hydroxyl groups is 1. The molecule has 2 N–H and O–H groups in total. The smallest absolute Gasteiger partial charge is 0.229 e. The molecule has 132 valence electrons. The summed E-state index contributed by atoms with van der Waals surface area (Å²) >= 11 is 0. The number of aryl methyl sites for hydroxylation is 1. The van der Waals surface area contributed by atoms with E-state index in [2.05, 4.69) is 15.2 Å². The number of rotatable bonds is 5. The van der Waals surface area contributed by atoms with Gasteiger partial charge >= 0.3 is 0 Å². The average Bonchev–Trinajstić information content (AvgIpc) is 2.64. The number of hydrogen-bond donors (Lipinski definition) is 2. The number of likely N-dealkylation sites (tertiary alicyclic amines) is 1. The average molecular weight is 339 g/mol. The molecule has 1 fully saturated rings. The van der Waals surface area contributed by atoms with Crippen molar-refractivity contribution in [2.75, 3.05) is 25.0 Å². The first-order valence-electron chi connectivity index (χ1n) is 8.80. The van der Waals surface area contributed by atoms with Gasteiger partial charge in [-0.15, -0.1) is 0 Å². The number of carbonyl (C=O) groups is 1. The van der Waals surface area contributed by atoms with Crippen LogP contribution in [0.2, 0.25) is 0 Å². The summed E-state index contributed by atoms with van der Waals surface area (Å²) in [7, 11) is 0. The number of piperidine rings is 1. The third-order valence-corrected chi connectivity index (χ3v) is 4.65. The lowest BCUT2D eigenvalue weighted by atomic mass is 9.96. The molecule has 2 heterocycles. The number of carbonyl (C=O) groups excluding carboxylic acids is 1. The molecule has 3 rings (SSSR count). The lowest BCUT2D eigenvalue weighted by Crippen LogP contribution is -2.42. The van der Waals surface area contributed by atoms with Crippen molar-refractivity contribution in [2.24, 2.45) is 5.92 Å². The van der Waals surface area contributed by atoms with Gasteiger partial charge in [-0.1, -0.05) is 36.4 Å². The zero-order chi connectivity index (χ0) is 17.6. The maximum Gasteiger partial charge on any atom is 0.229 e. The zero-order valence-corrected chi connectivity index (χ0v) is 14.6. The minimum atomic E-state index is -0.526. The molecule has 2 unspecified atom stereocenters. The van der Waals surface area contributed by atoms with Gasteiger partial charge in [0.1, 0.15) is 5.82 Å². The Morgan fingerprint density at radius 2 is 2.12 bits per heavy atom. The van der Waals surface area contributed by atoms with Gasteiger partial charge < -0.3 is 10.4 Å². The van der Waals surface area contributed by atoms with Gasteiger partial charge in [-0.05, 0) is 43.5 Å². The van der Waals surface area contributed by atoms with Gasteiger partial charge in [0, 0.05) is 19.3 Å². The molecule has 0 spiro atoms. The molecule has 1 aliphatic rings. The highest BCUT2D eigenvalue weighted by Gasteiger charge is 2.27. The minimum absolute atomic E-state index is 0.00949. The van der Waals surface area contributed by atoms with Crippen molar-refractivity contribution in [2.45, 2.75) is 25.9 Å². The highest BCUT2D eigenvalue weighted by atomic mass is 16.3. The predicted octanol–water partition coefficient (Wildman–Crippen LogP) is 2.77. The van der Waals surface area contributed by atoms with E-state index < -0.39 is 6.10 Å². The first-order valence-corrected chi connectivity index (χ1v) is 8.80. The van der Waals surface area contributed by atoms with E-state index in [4.69, 9.17) is 0 Å². The summed E-state index contributed by atoms with van der Waals surface area (Å²) in [5, 5.41) is 13.3. The van der Waals surface area contributed by atoms with Gasteiger partial charge in [-0.2, -0.15) is 0 Å². The number of benzene rings is 1. The van der Waals surface area contributed by atoms with E-state index in [1.807, 2.05) is 49.4 Å². The van der Waals surface area contributed by atoms with Crippen LogP contribution in [0.4, 0.5) is 5.82 Å². The van der Waals surface area contributed by atoms with E-state index in [0.29, 0.717) is 18.9 Å². The van der Waals surface area contributed by atoms with E-state index in [9.17, 15) is 9.90 Å². The first-order chi connectivity index (χ1) is 12.1. The van der Waals surface area contributed by atoms with E-state index in [1.54, 1.807) is 6.20 Å². The Bertz CT molecular complexity index is 688. The van der Waals surface area contributed by atoms with E-state index in [0.717, 1.165) is 30.5 Å². The van der Waals surface area contributed by atoms with Crippen molar-refractivity contribution in [1.82, 2.24) is 9.88 Å². The Hall–Kier alpha value is -2.24. The number of nitrogens with one attached hydrogen (secondary N) is 1. The summed E-state index contributed by atoms with van der Waals surface area (Å²) < 4.78 is 0. The van der Waals surface area contributed by atoms with Crippen molar-refractivity contribution in [3.63, 3.8) is 0 Å². The van der Waals surface area contributed by atoms with Gasteiger partial charge in [0.25, 0.3) is 0 Å². The van der Waals surface area contributed by atoms with Crippen LogP contribution in [0.3, 0.4) is 0 Å².